The molecule has 0 radical (unpaired) electrons. The minimum atomic E-state index is -3.32. The van der Waals surface area contributed by atoms with Crippen LogP contribution in [-0.4, -0.2) is 27.7 Å². The van der Waals surface area contributed by atoms with Crippen LogP contribution < -0.4 is 4.74 Å². The number of nitrogens with one attached hydrogen (secondary N) is 1. The molecular weight excluding hydrogens is 389 g/mol. The third-order valence-corrected chi connectivity index (χ3v) is 3.88. The van der Waals surface area contributed by atoms with Gasteiger partial charge < -0.3 is 9.72 Å². The van der Waals surface area contributed by atoms with Crippen molar-refractivity contribution in [3.8, 4) is 23.3 Å². The van der Waals surface area contributed by atoms with E-state index < -0.39 is 18.8 Å². The van der Waals surface area contributed by atoms with Gasteiger partial charge in [-0.2, -0.15) is 14.6 Å². The smallest absolute Gasteiger partial charge is 0.319 e. The molecule has 1 N–H and O–H groups in total. The SMILES string of the molecule is N#Cc1cnc(OC(F)C(F)F)nc1-c1c[nH]c2c(Br)cccc12. The van der Waals surface area contributed by atoms with E-state index in [2.05, 4.69) is 35.6 Å². The predicted molar refractivity (Wildman–Crippen MR) is 83.3 cm³/mol. The number of hydrogen-bond acceptors (Lipinski definition) is 4. The number of hydrogen-bond donors (Lipinski definition) is 1. The van der Waals surface area contributed by atoms with Crippen molar-refractivity contribution in [1.82, 2.24) is 15.0 Å². The van der Waals surface area contributed by atoms with Gasteiger partial charge in [0, 0.05) is 21.6 Å². The summed E-state index contributed by atoms with van der Waals surface area (Å²) < 4.78 is 42.8. The molecule has 0 saturated heterocycles. The van der Waals surface area contributed by atoms with Crippen LogP contribution in [0.2, 0.25) is 0 Å². The van der Waals surface area contributed by atoms with Crippen molar-refractivity contribution in [2.75, 3.05) is 0 Å². The average Bonchev–Trinajstić information content (AvgIpc) is 3.00. The largest absolute Gasteiger partial charge is 0.422 e. The quantitative estimate of drug-likeness (QED) is 0.716. The molecule has 2 heterocycles. The molecule has 24 heavy (non-hydrogen) atoms. The molecule has 0 spiro atoms. The second-order valence-corrected chi connectivity index (χ2v) is 5.55. The van der Waals surface area contributed by atoms with Gasteiger partial charge in [0.15, 0.2) is 0 Å². The lowest BCUT2D eigenvalue weighted by Crippen LogP contribution is -2.20. The van der Waals surface area contributed by atoms with Crippen LogP contribution in [0.3, 0.4) is 0 Å². The highest BCUT2D eigenvalue weighted by molar-refractivity contribution is 9.10. The number of fused-ring (bicyclic) bond motifs is 1. The van der Waals surface area contributed by atoms with E-state index in [0.29, 0.717) is 5.56 Å². The number of para-hydroxylation sites is 1. The molecule has 5 nitrogen and oxygen atoms in total. The summed E-state index contributed by atoms with van der Waals surface area (Å²) in [6.07, 6.45) is -3.45. The summed E-state index contributed by atoms with van der Waals surface area (Å²) in [6, 6.07) is 6.77. The molecule has 0 aliphatic carbocycles. The first-order chi connectivity index (χ1) is 11.5. The van der Waals surface area contributed by atoms with E-state index in [0.717, 1.165) is 21.6 Å². The molecule has 3 rings (SSSR count). The molecule has 1 atom stereocenters. The normalized spacial score (nSPS) is 12.3. The molecule has 0 saturated carbocycles. The van der Waals surface area contributed by atoms with Crippen molar-refractivity contribution in [3.63, 3.8) is 0 Å². The van der Waals surface area contributed by atoms with Gasteiger partial charge in [0.2, 0.25) is 0 Å². The van der Waals surface area contributed by atoms with Gasteiger partial charge in [0.05, 0.1) is 23.0 Å². The lowest BCUT2D eigenvalue weighted by atomic mass is 10.1. The molecule has 0 aliphatic heterocycles. The minimum absolute atomic E-state index is 0.107. The number of H-pyrrole nitrogens is 1. The van der Waals surface area contributed by atoms with Gasteiger partial charge in [-0.3, -0.25) is 0 Å². The average molecular weight is 397 g/mol. The lowest BCUT2D eigenvalue weighted by molar-refractivity contribution is -0.0713. The van der Waals surface area contributed by atoms with Gasteiger partial charge in [0.1, 0.15) is 6.07 Å². The van der Waals surface area contributed by atoms with Gasteiger partial charge in [-0.15, -0.1) is 0 Å². The Bertz CT molecular complexity index is 938. The Balaban J connectivity index is 2.11. The molecule has 3 aromatic rings. The van der Waals surface area contributed by atoms with E-state index in [4.69, 9.17) is 0 Å². The second kappa shape index (κ2) is 6.49. The number of nitriles is 1. The van der Waals surface area contributed by atoms with Crippen LogP contribution in [0.4, 0.5) is 13.2 Å². The van der Waals surface area contributed by atoms with Crippen LogP contribution in [0, 0.1) is 11.3 Å². The van der Waals surface area contributed by atoms with Crippen molar-refractivity contribution >= 4 is 26.8 Å². The zero-order valence-corrected chi connectivity index (χ0v) is 13.4. The standard InChI is InChI=1S/C15H8BrF3N4O/c16-10-3-1-2-8-9(6-21-12(8)10)11-7(4-20)5-22-15(23-11)24-14(19)13(17)18/h1-3,5-6,13-14,21H. The molecule has 0 amide bonds. The van der Waals surface area contributed by atoms with Gasteiger partial charge >= 0.3 is 18.8 Å². The van der Waals surface area contributed by atoms with E-state index in [1.54, 1.807) is 18.3 Å². The van der Waals surface area contributed by atoms with Crippen molar-refractivity contribution in [3.05, 3.63) is 40.6 Å². The minimum Gasteiger partial charge on any atom is -0.422 e. The Morgan fingerprint density at radius 2 is 2.08 bits per heavy atom. The Morgan fingerprint density at radius 1 is 1.29 bits per heavy atom. The fourth-order valence-corrected chi connectivity index (χ4v) is 2.66. The summed E-state index contributed by atoms with van der Waals surface area (Å²) >= 11 is 3.39. The molecule has 0 aliphatic rings. The summed E-state index contributed by atoms with van der Waals surface area (Å²) in [5, 5.41) is 9.97. The third kappa shape index (κ3) is 2.92. The lowest BCUT2D eigenvalue weighted by Gasteiger charge is -2.10. The van der Waals surface area contributed by atoms with E-state index >= 15 is 0 Å². The topological polar surface area (TPSA) is 74.6 Å². The fourth-order valence-electron chi connectivity index (χ4n) is 2.17. The van der Waals surface area contributed by atoms with E-state index in [1.165, 1.54) is 0 Å². The molecule has 1 aromatic carbocycles. The maximum absolute atomic E-state index is 13.0. The molecule has 0 bridgehead atoms. The first-order valence-corrected chi connectivity index (χ1v) is 7.42. The van der Waals surface area contributed by atoms with Crippen LogP contribution in [-0.2, 0) is 0 Å². The number of aromatic amines is 1. The number of halogens is 4. The Kier molecular flexibility index (Phi) is 4.40. The highest BCUT2D eigenvalue weighted by Crippen LogP contribution is 2.33. The predicted octanol–water partition coefficient (Wildman–Crippen LogP) is 4.20. The fraction of sp³-hybridized carbons (Fsp3) is 0.133. The summed E-state index contributed by atoms with van der Waals surface area (Å²) in [7, 11) is 0. The van der Waals surface area contributed by atoms with Crippen LogP contribution >= 0.6 is 15.9 Å². The molecule has 122 valence electrons. The van der Waals surface area contributed by atoms with Crippen molar-refractivity contribution < 1.29 is 17.9 Å². The molecule has 2 aromatic heterocycles. The van der Waals surface area contributed by atoms with Crippen LogP contribution in [0.5, 0.6) is 6.01 Å². The Morgan fingerprint density at radius 3 is 2.79 bits per heavy atom. The van der Waals surface area contributed by atoms with Crippen LogP contribution in [0.15, 0.2) is 35.1 Å². The summed E-state index contributed by atoms with van der Waals surface area (Å²) in [6.45, 7) is 0. The van der Waals surface area contributed by atoms with Gasteiger partial charge in [-0.25, -0.2) is 13.8 Å². The maximum atomic E-state index is 13.0. The third-order valence-electron chi connectivity index (χ3n) is 3.22. The first-order valence-electron chi connectivity index (χ1n) is 6.63. The van der Waals surface area contributed by atoms with E-state index in [-0.39, 0.29) is 11.3 Å². The molecular formula is C15H8BrF3N4O. The van der Waals surface area contributed by atoms with Gasteiger partial charge in [0.25, 0.3) is 0 Å². The summed E-state index contributed by atoms with van der Waals surface area (Å²) in [5.41, 5.74) is 1.58. The van der Waals surface area contributed by atoms with Crippen molar-refractivity contribution in [2.45, 2.75) is 12.8 Å². The van der Waals surface area contributed by atoms with Crippen LogP contribution in [0.1, 0.15) is 5.56 Å². The molecule has 0 fully saturated rings. The highest BCUT2D eigenvalue weighted by Gasteiger charge is 2.23. The highest BCUT2D eigenvalue weighted by atomic mass is 79.9. The number of alkyl halides is 3. The molecule has 9 heteroatoms. The molecule has 1 unspecified atom stereocenters. The summed E-state index contributed by atoms with van der Waals surface area (Å²) in [4.78, 5) is 10.5. The van der Waals surface area contributed by atoms with Gasteiger partial charge in [-0.1, -0.05) is 12.1 Å². The van der Waals surface area contributed by atoms with Crippen molar-refractivity contribution in [2.24, 2.45) is 0 Å². The first kappa shape index (κ1) is 16.3. The van der Waals surface area contributed by atoms with E-state index in [1.807, 2.05) is 12.1 Å². The van der Waals surface area contributed by atoms with E-state index in [9.17, 15) is 18.4 Å². The zero-order chi connectivity index (χ0) is 17.3. The maximum Gasteiger partial charge on any atom is 0.319 e. The second-order valence-electron chi connectivity index (χ2n) is 4.69. The number of ether oxygens (including phenoxy) is 1. The monoisotopic (exact) mass is 396 g/mol. The number of aromatic nitrogens is 3. The number of nitrogens with zero attached hydrogens (tertiary/aromatic N) is 3. The number of benzene rings is 1. The number of rotatable bonds is 4. The zero-order valence-electron chi connectivity index (χ0n) is 11.8. The summed E-state index contributed by atoms with van der Waals surface area (Å²) in [5.74, 6) is 0. The van der Waals surface area contributed by atoms with Crippen molar-refractivity contribution in [1.29, 1.82) is 5.26 Å². The Hall–Kier alpha value is -2.60. The Labute approximate surface area is 142 Å². The van der Waals surface area contributed by atoms with Crippen LogP contribution in [0.25, 0.3) is 22.2 Å². The van der Waals surface area contributed by atoms with Gasteiger partial charge in [-0.05, 0) is 22.0 Å².